The predicted molar refractivity (Wildman–Crippen MR) is 86.8 cm³/mol. The summed E-state index contributed by atoms with van der Waals surface area (Å²) in [5, 5.41) is 2.77. The molecule has 0 aliphatic rings. The molecule has 0 aliphatic heterocycles. The van der Waals surface area contributed by atoms with Gasteiger partial charge in [-0.1, -0.05) is 0 Å². The van der Waals surface area contributed by atoms with E-state index in [1.807, 2.05) is 20.8 Å². The summed E-state index contributed by atoms with van der Waals surface area (Å²) in [6, 6.07) is 6.74. The van der Waals surface area contributed by atoms with Crippen molar-refractivity contribution < 1.29 is 14.4 Å². The number of benzene rings is 1. The van der Waals surface area contributed by atoms with Crippen molar-refractivity contribution >= 4 is 23.3 Å². The Kier molecular flexibility index (Phi) is 5.85. The fourth-order valence-electron chi connectivity index (χ4n) is 2.19. The van der Waals surface area contributed by atoms with Crippen molar-refractivity contribution in [1.82, 2.24) is 4.90 Å². The highest BCUT2D eigenvalue weighted by Gasteiger charge is 2.23. The van der Waals surface area contributed by atoms with Crippen LogP contribution in [0.5, 0.6) is 0 Å². The largest absolute Gasteiger partial charge is 0.338 e. The van der Waals surface area contributed by atoms with Crippen molar-refractivity contribution in [2.75, 3.05) is 11.9 Å². The molecule has 0 fully saturated rings. The summed E-state index contributed by atoms with van der Waals surface area (Å²) >= 11 is 0. The molecule has 0 aromatic heterocycles. The van der Waals surface area contributed by atoms with Gasteiger partial charge in [0.1, 0.15) is 0 Å². The molecule has 22 heavy (non-hydrogen) atoms. The highest BCUT2D eigenvalue weighted by Crippen LogP contribution is 2.15. The molecule has 5 nitrogen and oxygen atoms in total. The Hall–Kier alpha value is -2.17. The van der Waals surface area contributed by atoms with E-state index in [4.69, 9.17) is 0 Å². The first-order valence-corrected chi connectivity index (χ1v) is 7.30. The molecule has 0 saturated carbocycles. The van der Waals surface area contributed by atoms with Crippen molar-refractivity contribution in [3.8, 4) is 0 Å². The number of hydrogen-bond acceptors (Lipinski definition) is 3. The van der Waals surface area contributed by atoms with Crippen LogP contribution in [0.2, 0.25) is 0 Å². The average Bonchev–Trinajstić information content (AvgIpc) is 2.37. The van der Waals surface area contributed by atoms with Gasteiger partial charge in [-0.25, -0.2) is 0 Å². The minimum Gasteiger partial charge on any atom is -0.338 e. The third-order valence-electron chi connectivity index (χ3n) is 3.33. The van der Waals surface area contributed by atoms with E-state index in [1.54, 1.807) is 29.2 Å². The summed E-state index contributed by atoms with van der Waals surface area (Å²) in [5.74, 6) is -0.225. The van der Waals surface area contributed by atoms with Crippen LogP contribution in [0.1, 0.15) is 51.4 Å². The molecule has 0 aliphatic carbocycles. The fourth-order valence-corrected chi connectivity index (χ4v) is 2.19. The van der Waals surface area contributed by atoms with E-state index in [0.29, 0.717) is 17.8 Å². The quantitative estimate of drug-likeness (QED) is 0.851. The highest BCUT2D eigenvalue weighted by atomic mass is 16.2. The molecule has 0 unspecified atom stereocenters. The van der Waals surface area contributed by atoms with Crippen LogP contribution >= 0.6 is 0 Å². The number of carbonyl (C=O) groups excluding carboxylic acids is 3. The first-order valence-electron chi connectivity index (χ1n) is 7.30. The first kappa shape index (κ1) is 17.9. The normalized spacial score (nSPS) is 11.0. The van der Waals surface area contributed by atoms with Gasteiger partial charge in [0, 0.05) is 36.7 Å². The molecule has 1 aromatic carbocycles. The molecule has 0 atom stereocenters. The molecule has 0 radical (unpaired) electrons. The number of nitrogens with one attached hydrogen (secondary N) is 1. The van der Waals surface area contributed by atoms with Gasteiger partial charge in [-0.15, -0.1) is 0 Å². The third kappa shape index (κ3) is 5.31. The lowest BCUT2D eigenvalue weighted by Crippen LogP contribution is -2.45. The van der Waals surface area contributed by atoms with E-state index in [9.17, 15) is 14.4 Å². The fraction of sp³-hybridized carbons (Fsp3) is 0.471. The molecule has 5 heteroatoms. The summed E-state index contributed by atoms with van der Waals surface area (Å²) in [4.78, 5) is 36.5. The van der Waals surface area contributed by atoms with Crippen molar-refractivity contribution in [2.24, 2.45) is 0 Å². The molecule has 1 rings (SSSR count). The summed E-state index contributed by atoms with van der Waals surface area (Å²) in [6.07, 6.45) is 0.227. The summed E-state index contributed by atoms with van der Waals surface area (Å²) in [5.41, 5.74) is 0.934. The molecule has 0 spiro atoms. The Labute approximate surface area is 131 Å². The second-order valence-electron chi connectivity index (χ2n) is 6.27. The van der Waals surface area contributed by atoms with Crippen molar-refractivity contribution in [3.63, 3.8) is 0 Å². The molecule has 0 saturated heterocycles. The van der Waals surface area contributed by atoms with Crippen LogP contribution in [-0.2, 0) is 9.59 Å². The minimum absolute atomic E-state index is 0.0137. The van der Waals surface area contributed by atoms with Gasteiger partial charge >= 0.3 is 0 Å². The number of Topliss-reactive ketones (excluding diaryl/α,β-unsaturated/α-hetero) is 1. The van der Waals surface area contributed by atoms with Crippen LogP contribution in [0.4, 0.5) is 5.69 Å². The molecule has 1 N–H and O–H groups in total. The number of anilines is 1. The van der Waals surface area contributed by atoms with Gasteiger partial charge in [0.05, 0.1) is 0 Å². The van der Waals surface area contributed by atoms with Gasteiger partial charge in [-0.05, 0) is 52.0 Å². The van der Waals surface area contributed by atoms with Crippen molar-refractivity contribution in [3.05, 3.63) is 29.8 Å². The molecule has 0 bridgehead atoms. The third-order valence-corrected chi connectivity index (χ3v) is 3.33. The molecule has 1 aromatic rings. The van der Waals surface area contributed by atoms with Gasteiger partial charge < -0.3 is 10.2 Å². The maximum Gasteiger partial charge on any atom is 0.226 e. The number of rotatable bonds is 5. The Morgan fingerprint density at radius 2 is 1.59 bits per heavy atom. The second-order valence-corrected chi connectivity index (χ2v) is 6.27. The maximum atomic E-state index is 12.0. The molecule has 120 valence electrons. The lowest BCUT2D eigenvalue weighted by Gasteiger charge is -2.34. The van der Waals surface area contributed by atoms with Gasteiger partial charge in [0.2, 0.25) is 11.8 Å². The van der Waals surface area contributed by atoms with Crippen LogP contribution in [0.15, 0.2) is 24.3 Å². The highest BCUT2D eigenvalue weighted by molar-refractivity contribution is 5.95. The molecular formula is C17H24N2O3. The minimum atomic E-state index is -0.310. The Morgan fingerprint density at radius 3 is 2.00 bits per heavy atom. The zero-order valence-corrected chi connectivity index (χ0v) is 13.9. The van der Waals surface area contributed by atoms with Crippen LogP contribution in [0.3, 0.4) is 0 Å². The molecular weight excluding hydrogens is 280 g/mol. The van der Waals surface area contributed by atoms with E-state index in [1.165, 1.54) is 13.8 Å². The van der Waals surface area contributed by atoms with E-state index >= 15 is 0 Å². The van der Waals surface area contributed by atoms with Gasteiger partial charge in [0.15, 0.2) is 5.78 Å². The zero-order valence-electron chi connectivity index (χ0n) is 13.9. The maximum absolute atomic E-state index is 12.0. The summed E-state index contributed by atoms with van der Waals surface area (Å²) < 4.78 is 0. The molecule has 2 amide bonds. The van der Waals surface area contributed by atoms with Crippen molar-refractivity contribution in [2.45, 2.75) is 46.6 Å². The van der Waals surface area contributed by atoms with E-state index in [-0.39, 0.29) is 29.6 Å². The SMILES string of the molecule is CC(=O)c1ccc(NC(=O)CCN(C(C)=O)C(C)(C)C)cc1. The van der Waals surface area contributed by atoms with Crippen LogP contribution < -0.4 is 5.32 Å². The van der Waals surface area contributed by atoms with Crippen molar-refractivity contribution in [1.29, 1.82) is 0 Å². The number of ketones is 1. The van der Waals surface area contributed by atoms with Gasteiger partial charge in [-0.2, -0.15) is 0 Å². The van der Waals surface area contributed by atoms with Crippen LogP contribution in [-0.4, -0.2) is 34.6 Å². The predicted octanol–water partition coefficient (Wildman–Crippen LogP) is 2.86. The topological polar surface area (TPSA) is 66.5 Å². The number of hydrogen-bond donors (Lipinski definition) is 1. The van der Waals surface area contributed by atoms with E-state index in [0.717, 1.165) is 0 Å². The standard InChI is InChI=1S/C17H24N2O3/c1-12(20)14-6-8-15(9-7-14)18-16(22)10-11-19(13(2)21)17(3,4)5/h6-9H,10-11H2,1-5H3,(H,18,22). The summed E-state index contributed by atoms with van der Waals surface area (Å²) in [7, 11) is 0. The van der Waals surface area contributed by atoms with Crippen LogP contribution in [0.25, 0.3) is 0 Å². The van der Waals surface area contributed by atoms with Crippen LogP contribution in [0, 0.1) is 0 Å². The number of carbonyl (C=O) groups is 3. The second kappa shape index (κ2) is 7.20. The lowest BCUT2D eigenvalue weighted by atomic mass is 10.1. The van der Waals surface area contributed by atoms with E-state index in [2.05, 4.69) is 5.32 Å². The van der Waals surface area contributed by atoms with E-state index < -0.39 is 0 Å². The lowest BCUT2D eigenvalue weighted by molar-refractivity contribution is -0.134. The Bertz CT molecular complexity index is 556. The zero-order chi connectivity index (χ0) is 16.9. The monoisotopic (exact) mass is 304 g/mol. The average molecular weight is 304 g/mol. The first-order chi connectivity index (χ1) is 10.1. The summed E-state index contributed by atoms with van der Waals surface area (Å²) in [6.45, 7) is 9.18. The van der Waals surface area contributed by atoms with Gasteiger partial charge in [-0.3, -0.25) is 14.4 Å². The Balaban J connectivity index is 2.59. The molecule has 0 heterocycles. The Morgan fingerprint density at radius 1 is 1.05 bits per heavy atom. The number of nitrogens with zero attached hydrogens (tertiary/aromatic N) is 1. The smallest absolute Gasteiger partial charge is 0.226 e. The number of amides is 2. The van der Waals surface area contributed by atoms with Gasteiger partial charge in [0.25, 0.3) is 0 Å².